The highest BCUT2D eigenvalue weighted by atomic mass is 16.2. The highest BCUT2D eigenvalue weighted by Gasteiger charge is 2.45. The Hall–Kier alpha value is -0.570. The van der Waals surface area contributed by atoms with Crippen LogP contribution in [0.4, 0.5) is 0 Å². The van der Waals surface area contributed by atoms with E-state index in [2.05, 4.69) is 9.80 Å². The molecule has 0 spiro atoms. The van der Waals surface area contributed by atoms with Gasteiger partial charge in [-0.1, -0.05) is 6.42 Å². The first-order valence-electron chi connectivity index (χ1n) is 8.86. The fourth-order valence-corrected chi connectivity index (χ4v) is 4.81. The highest BCUT2D eigenvalue weighted by Crippen LogP contribution is 2.40. The van der Waals surface area contributed by atoms with Crippen molar-refractivity contribution in [3.05, 3.63) is 0 Å². The van der Waals surface area contributed by atoms with Crippen molar-refractivity contribution < 1.29 is 4.79 Å². The van der Waals surface area contributed by atoms with E-state index in [4.69, 9.17) is 0 Å². The Morgan fingerprint density at radius 1 is 0.850 bits per heavy atom. The van der Waals surface area contributed by atoms with Crippen molar-refractivity contribution in [2.24, 2.45) is 5.92 Å². The lowest BCUT2D eigenvalue weighted by Gasteiger charge is -2.44. The molecular formula is C17H28N2O. The number of carbonyl (C=O) groups excluding carboxylic acids is 1. The molecule has 1 aliphatic carbocycles. The van der Waals surface area contributed by atoms with Crippen LogP contribution in [0.2, 0.25) is 0 Å². The molecule has 2 unspecified atom stereocenters. The van der Waals surface area contributed by atoms with E-state index in [1.165, 1.54) is 70.9 Å². The van der Waals surface area contributed by atoms with Crippen LogP contribution in [-0.2, 0) is 4.79 Å². The summed E-state index contributed by atoms with van der Waals surface area (Å²) < 4.78 is 0. The van der Waals surface area contributed by atoms with Crippen molar-refractivity contribution in [2.45, 2.75) is 82.3 Å². The van der Waals surface area contributed by atoms with Crippen molar-refractivity contribution in [2.75, 3.05) is 13.1 Å². The molecule has 2 atom stereocenters. The van der Waals surface area contributed by atoms with Crippen molar-refractivity contribution in [1.82, 2.24) is 9.80 Å². The monoisotopic (exact) mass is 276 g/mol. The normalized spacial score (nSPS) is 38.2. The van der Waals surface area contributed by atoms with Crippen molar-refractivity contribution in [1.29, 1.82) is 0 Å². The van der Waals surface area contributed by atoms with Gasteiger partial charge >= 0.3 is 0 Å². The average molecular weight is 276 g/mol. The SMILES string of the molecule is O=C(CC1CC1)N1C2CCC1CC(N1CCCCC1)C2. The van der Waals surface area contributed by atoms with E-state index in [-0.39, 0.29) is 0 Å². The Bertz CT molecular complexity index is 359. The molecule has 4 fully saturated rings. The summed E-state index contributed by atoms with van der Waals surface area (Å²) >= 11 is 0. The summed E-state index contributed by atoms with van der Waals surface area (Å²) in [4.78, 5) is 17.6. The molecule has 0 aromatic heterocycles. The largest absolute Gasteiger partial charge is 0.337 e. The molecule has 1 amide bonds. The Morgan fingerprint density at radius 3 is 2.10 bits per heavy atom. The van der Waals surface area contributed by atoms with Gasteiger partial charge < -0.3 is 9.80 Å². The van der Waals surface area contributed by atoms with E-state index in [0.717, 1.165) is 18.4 Å². The van der Waals surface area contributed by atoms with Gasteiger partial charge in [0.15, 0.2) is 0 Å². The number of likely N-dealkylation sites (tertiary alicyclic amines) is 1. The molecule has 112 valence electrons. The van der Waals surface area contributed by atoms with Gasteiger partial charge in [0.05, 0.1) is 0 Å². The molecule has 2 bridgehead atoms. The zero-order chi connectivity index (χ0) is 13.5. The third-order valence-electron chi connectivity index (χ3n) is 6.06. The minimum Gasteiger partial charge on any atom is -0.337 e. The Labute approximate surface area is 122 Å². The molecule has 0 radical (unpaired) electrons. The summed E-state index contributed by atoms with van der Waals surface area (Å²) in [5.74, 6) is 1.22. The molecule has 0 N–H and O–H groups in total. The lowest BCUT2D eigenvalue weighted by molar-refractivity contribution is -0.137. The zero-order valence-corrected chi connectivity index (χ0v) is 12.6. The molecule has 0 aromatic carbocycles. The number of nitrogens with zero attached hydrogens (tertiary/aromatic N) is 2. The first kappa shape index (κ1) is 13.1. The second kappa shape index (κ2) is 5.32. The first-order chi connectivity index (χ1) is 9.81. The van der Waals surface area contributed by atoms with Gasteiger partial charge in [0.25, 0.3) is 0 Å². The standard InChI is InChI=1S/C17H28N2O/c20-17(10-13-4-5-13)19-14-6-7-15(19)12-16(11-14)18-8-2-1-3-9-18/h13-16H,1-12H2. The highest BCUT2D eigenvalue weighted by molar-refractivity contribution is 5.78. The topological polar surface area (TPSA) is 23.6 Å². The quantitative estimate of drug-likeness (QED) is 0.791. The second-order valence-electron chi connectivity index (χ2n) is 7.56. The van der Waals surface area contributed by atoms with Crippen LogP contribution in [0.3, 0.4) is 0 Å². The zero-order valence-electron chi connectivity index (χ0n) is 12.6. The summed E-state index contributed by atoms with van der Waals surface area (Å²) in [5, 5.41) is 0. The molecule has 4 aliphatic rings. The maximum Gasteiger partial charge on any atom is 0.223 e. The molecule has 3 aliphatic heterocycles. The van der Waals surface area contributed by atoms with Gasteiger partial charge in [0.1, 0.15) is 0 Å². The number of fused-ring (bicyclic) bond motifs is 2. The summed E-state index contributed by atoms with van der Waals surface area (Å²) in [7, 11) is 0. The average Bonchev–Trinajstić information content (AvgIpc) is 3.24. The minimum absolute atomic E-state index is 0.483. The first-order valence-corrected chi connectivity index (χ1v) is 8.86. The smallest absolute Gasteiger partial charge is 0.223 e. The van der Waals surface area contributed by atoms with E-state index in [9.17, 15) is 4.79 Å². The minimum atomic E-state index is 0.483. The predicted octanol–water partition coefficient (Wildman–Crippen LogP) is 2.79. The number of amides is 1. The van der Waals surface area contributed by atoms with Crippen molar-refractivity contribution in [3.8, 4) is 0 Å². The molecule has 4 rings (SSSR count). The van der Waals surface area contributed by atoms with Crippen LogP contribution >= 0.6 is 0 Å². The Kier molecular flexibility index (Phi) is 3.49. The van der Waals surface area contributed by atoms with Crippen LogP contribution in [-0.4, -0.2) is 46.9 Å². The number of piperidine rings is 2. The van der Waals surface area contributed by atoms with Crippen LogP contribution in [0, 0.1) is 5.92 Å². The molecular weight excluding hydrogens is 248 g/mol. The summed E-state index contributed by atoms with van der Waals surface area (Å²) in [6.07, 6.45) is 12.7. The Balaban J connectivity index is 1.39. The maximum atomic E-state index is 12.5. The third kappa shape index (κ3) is 2.49. The summed E-state index contributed by atoms with van der Waals surface area (Å²) in [5.41, 5.74) is 0. The summed E-state index contributed by atoms with van der Waals surface area (Å²) in [6, 6.07) is 1.93. The molecule has 20 heavy (non-hydrogen) atoms. The Morgan fingerprint density at radius 2 is 1.50 bits per heavy atom. The van der Waals surface area contributed by atoms with Gasteiger partial charge in [-0.05, 0) is 70.4 Å². The molecule has 3 heterocycles. The van der Waals surface area contributed by atoms with Crippen LogP contribution in [0.1, 0.15) is 64.2 Å². The van der Waals surface area contributed by atoms with Gasteiger partial charge in [0, 0.05) is 24.5 Å². The maximum absolute atomic E-state index is 12.5. The van der Waals surface area contributed by atoms with Gasteiger partial charge in [-0.25, -0.2) is 0 Å². The van der Waals surface area contributed by atoms with Crippen molar-refractivity contribution in [3.63, 3.8) is 0 Å². The van der Waals surface area contributed by atoms with Gasteiger partial charge in [-0.15, -0.1) is 0 Å². The lowest BCUT2D eigenvalue weighted by Crippen LogP contribution is -2.53. The fourth-order valence-electron chi connectivity index (χ4n) is 4.81. The number of rotatable bonds is 3. The van der Waals surface area contributed by atoms with E-state index in [1.807, 2.05) is 0 Å². The second-order valence-corrected chi connectivity index (χ2v) is 7.56. The van der Waals surface area contributed by atoms with Crippen molar-refractivity contribution >= 4 is 5.91 Å². The van der Waals surface area contributed by atoms with Gasteiger partial charge in [0.2, 0.25) is 5.91 Å². The van der Waals surface area contributed by atoms with E-state index < -0.39 is 0 Å². The van der Waals surface area contributed by atoms with E-state index in [1.54, 1.807) is 0 Å². The van der Waals surface area contributed by atoms with E-state index >= 15 is 0 Å². The molecule has 3 heteroatoms. The van der Waals surface area contributed by atoms with Gasteiger partial charge in [-0.3, -0.25) is 4.79 Å². The molecule has 3 saturated heterocycles. The van der Waals surface area contributed by atoms with Crippen LogP contribution in [0.5, 0.6) is 0 Å². The molecule has 3 nitrogen and oxygen atoms in total. The summed E-state index contributed by atoms with van der Waals surface area (Å²) in [6.45, 7) is 2.61. The molecule has 1 saturated carbocycles. The van der Waals surface area contributed by atoms with Gasteiger partial charge in [-0.2, -0.15) is 0 Å². The lowest BCUT2D eigenvalue weighted by atomic mass is 9.93. The fraction of sp³-hybridized carbons (Fsp3) is 0.941. The number of hydrogen-bond donors (Lipinski definition) is 0. The molecule has 0 aromatic rings. The predicted molar refractivity (Wildman–Crippen MR) is 79.4 cm³/mol. The van der Waals surface area contributed by atoms with E-state index in [0.29, 0.717) is 18.0 Å². The van der Waals surface area contributed by atoms with Crippen LogP contribution in [0.25, 0.3) is 0 Å². The third-order valence-corrected chi connectivity index (χ3v) is 6.06. The number of hydrogen-bond acceptors (Lipinski definition) is 2. The number of carbonyl (C=O) groups is 1. The van der Waals surface area contributed by atoms with Crippen LogP contribution in [0.15, 0.2) is 0 Å². The van der Waals surface area contributed by atoms with Crippen LogP contribution < -0.4 is 0 Å².